The zero-order valence-corrected chi connectivity index (χ0v) is 11.6. The van der Waals surface area contributed by atoms with Crippen molar-refractivity contribution >= 4 is 23.4 Å². The second-order valence-corrected chi connectivity index (χ2v) is 4.65. The van der Waals surface area contributed by atoms with Gasteiger partial charge in [-0.25, -0.2) is 4.79 Å². The SMILES string of the molecule is COC(=O)COc1ccc(NCCCSC)cc1. The molecule has 0 radical (unpaired) electrons. The molecule has 4 nitrogen and oxygen atoms in total. The van der Waals surface area contributed by atoms with Crippen LogP contribution in [-0.2, 0) is 9.53 Å². The van der Waals surface area contributed by atoms with Gasteiger partial charge in [-0.2, -0.15) is 11.8 Å². The van der Waals surface area contributed by atoms with Crippen LogP contribution in [0.1, 0.15) is 6.42 Å². The minimum Gasteiger partial charge on any atom is -0.482 e. The Morgan fingerprint density at radius 1 is 1.33 bits per heavy atom. The second kappa shape index (κ2) is 8.69. The van der Waals surface area contributed by atoms with Gasteiger partial charge in [-0.15, -0.1) is 0 Å². The summed E-state index contributed by atoms with van der Waals surface area (Å²) in [6.07, 6.45) is 3.25. The number of benzene rings is 1. The molecule has 0 heterocycles. The molecule has 0 unspecified atom stereocenters. The number of hydrogen-bond acceptors (Lipinski definition) is 5. The normalized spacial score (nSPS) is 9.89. The van der Waals surface area contributed by atoms with Gasteiger partial charge < -0.3 is 14.8 Å². The Hall–Kier alpha value is -1.36. The Bertz CT molecular complexity index is 354. The monoisotopic (exact) mass is 269 g/mol. The Morgan fingerprint density at radius 3 is 2.67 bits per heavy atom. The fourth-order valence-electron chi connectivity index (χ4n) is 1.32. The van der Waals surface area contributed by atoms with Crippen molar-refractivity contribution < 1.29 is 14.3 Å². The Kier molecular flexibility index (Phi) is 7.10. The van der Waals surface area contributed by atoms with Crippen molar-refractivity contribution in [2.24, 2.45) is 0 Å². The number of thioether (sulfide) groups is 1. The van der Waals surface area contributed by atoms with Gasteiger partial charge in [-0.1, -0.05) is 0 Å². The summed E-state index contributed by atoms with van der Waals surface area (Å²) in [4.78, 5) is 10.9. The van der Waals surface area contributed by atoms with E-state index in [4.69, 9.17) is 4.74 Å². The number of ether oxygens (including phenoxy) is 2. The highest BCUT2D eigenvalue weighted by molar-refractivity contribution is 7.98. The fraction of sp³-hybridized carbons (Fsp3) is 0.462. The summed E-state index contributed by atoms with van der Waals surface area (Å²) in [6.45, 7) is 0.903. The minimum atomic E-state index is -0.380. The highest BCUT2D eigenvalue weighted by atomic mass is 32.2. The molecule has 1 N–H and O–H groups in total. The third-order valence-electron chi connectivity index (χ3n) is 2.29. The molecule has 1 aromatic rings. The molecule has 0 saturated heterocycles. The summed E-state index contributed by atoms with van der Waals surface area (Å²) in [5.74, 6) is 1.44. The number of anilines is 1. The maximum absolute atomic E-state index is 10.9. The second-order valence-electron chi connectivity index (χ2n) is 3.66. The summed E-state index contributed by atoms with van der Waals surface area (Å²) in [5.41, 5.74) is 1.06. The first-order valence-corrected chi connectivity index (χ1v) is 7.18. The van der Waals surface area contributed by atoms with E-state index in [9.17, 15) is 4.79 Å². The van der Waals surface area contributed by atoms with E-state index in [0.29, 0.717) is 5.75 Å². The number of nitrogens with one attached hydrogen (secondary N) is 1. The number of esters is 1. The van der Waals surface area contributed by atoms with Crippen LogP contribution in [0.15, 0.2) is 24.3 Å². The first kappa shape index (κ1) is 14.7. The van der Waals surface area contributed by atoms with Gasteiger partial charge in [-0.3, -0.25) is 0 Å². The standard InChI is InChI=1S/C13H19NO3S/c1-16-13(15)10-17-12-6-4-11(5-7-12)14-8-3-9-18-2/h4-7,14H,3,8-10H2,1-2H3. The van der Waals surface area contributed by atoms with E-state index in [0.717, 1.165) is 24.4 Å². The van der Waals surface area contributed by atoms with E-state index in [-0.39, 0.29) is 12.6 Å². The van der Waals surface area contributed by atoms with Gasteiger partial charge in [0, 0.05) is 12.2 Å². The molecule has 0 aliphatic carbocycles. The van der Waals surface area contributed by atoms with Crippen LogP contribution in [0, 0.1) is 0 Å². The maximum atomic E-state index is 10.9. The Balaban J connectivity index is 2.31. The lowest BCUT2D eigenvalue weighted by molar-refractivity contribution is -0.142. The molecule has 0 spiro atoms. The van der Waals surface area contributed by atoms with Gasteiger partial charge in [0.2, 0.25) is 0 Å². The topological polar surface area (TPSA) is 47.6 Å². The third-order valence-corrected chi connectivity index (χ3v) is 2.99. The van der Waals surface area contributed by atoms with Gasteiger partial charge in [0.1, 0.15) is 5.75 Å². The lowest BCUT2D eigenvalue weighted by Gasteiger charge is -2.08. The highest BCUT2D eigenvalue weighted by Gasteiger charge is 2.01. The molecule has 0 atom stereocenters. The first-order valence-electron chi connectivity index (χ1n) is 5.78. The molecule has 1 aromatic carbocycles. The summed E-state index contributed by atoms with van der Waals surface area (Å²) in [5, 5.41) is 3.32. The van der Waals surface area contributed by atoms with Gasteiger partial charge in [0.15, 0.2) is 6.61 Å². The quantitative estimate of drug-likeness (QED) is 0.580. The van der Waals surface area contributed by atoms with Gasteiger partial charge in [0.05, 0.1) is 7.11 Å². The number of rotatable bonds is 8. The van der Waals surface area contributed by atoms with Crippen molar-refractivity contribution in [1.82, 2.24) is 0 Å². The largest absolute Gasteiger partial charge is 0.482 e. The Labute approximate surface area is 112 Å². The van der Waals surface area contributed by atoms with Gasteiger partial charge >= 0.3 is 5.97 Å². The van der Waals surface area contributed by atoms with Crippen molar-refractivity contribution in [3.05, 3.63) is 24.3 Å². The maximum Gasteiger partial charge on any atom is 0.343 e. The van der Waals surface area contributed by atoms with E-state index >= 15 is 0 Å². The van der Waals surface area contributed by atoms with Crippen LogP contribution in [0.2, 0.25) is 0 Å². The van der Waals surface area contributed by atoms with Crippen LogP contribution in [-0.4, -0.2) is 38.2 Å². The highest BCUT2D eigenvalue weighted by Crippen LogP contribution is 2.15. The molecule has 0 fully saturated rings. The lowest BCUT2D eigenvalue weighted by Crippen LogP contribution is -2.12. The van der Waals surface area contributed by atoms with Crippen LogP contribution in [0.4, 0.5) is 5.69 Å². The molecule has 0 aliphatic rings. The van der Waals surface area contributed by atoms with Crippen LogP contribution in [0.3, 0.4) is 0 Å². The predicted molar refractivity (Wildman–Crippen MR) is 75.4 cm³/mol. The van der Waals surface area contributed by atoms with E-state index in [1.165, 1.54) is 7.11 Å². The number of hydrogen-bond donors (Lipinski definition) is 1. The summed E-state index contributed by atoms with van der Waals surface area (Å²) < 4.78 is 9.74. The molecule has 0 saturated carbocycles. The van der Waals surface area contributed by atoms with E-state index in [1.807, 2.05) is 36.0 Å². The third kappa shape index (κ3) is 5.82. The van der Waals surface area contributed by atoms with Gasteiger partial charge in [-0.05, 0) is 42.7 Å². The van der Waals surface area contributed by atoms with E-state index in [1.54, 1.807) is 0 Å². The average molecular weight is 269 g/mol. The molecule has 18 heavy (non-hydrogen) atoms. The summed E-state index contributed by atoms with van der Waals surface area (Å²) in [6, 6.07) is 7.54. The van der Waals surface area contributed by atoms with Crippen LogP contribution in [0.25, 0.3) is 0 Å². The van der Waals surface area contributed by atoms with Crippen LogP contribution < -0.4 is 10.1 Å². The van der Waals surface area contributed by atoms with Crippen molar-refractivity contribution in [2.75, 3.05) is 37.6 Å². The molecule has 5 heteroatoms. The summed E-state index contributed by atoms with van der Waals surface area (Å²) in [7, 11) is 1.34. The number of carbonyl (C=O) groups is 1. The minimum absolute atomic E-state index is 0.0585. The van der Waals surface area contributed by atoms with Crippen LogP contribution in [0.5, 0.6) is 5.75 Å². The van der Waals surface area contributed by atoms with Crippen LogP contribution >= 0.6 is 11.8 Å². The zero-order valence-electron chi connectivity index (χ0n) is 10.8. The summed E-state index contributed by atoms with van der Waals surface area (Å²) >= 11 is 1.85. The van der Waals surface area contributed by atoms with Crippen molar-refractivity contribution in [2.45, 2.75) is 6.42 Å². The molecular formula is C13H19NO3S. The molecule has 0 amide bonds. The van der Waals surface area contributed by atoms with Crippen molar-refractivity contribution in [3.8, 4) is 5.75 Å². The molecule has 100 valence electrons. The predicted octanol–water partition coefficient (Wildman–Crippen LogP) is 2.40. The first-order chi connectivity index (χ1) is 8.76. The Morgan fingerprint density at radius 2 is 2.06 bits per heavy atom. The molecule has 0 aliphatic heterocycles. The molecule has 0 bridgehead atoms. The number of methoxy groups -OCH3 is 1. The lowest BCUT2D eigenvalue weighted by atomic mass is 10.3. The smallest absolute Gasteiger partial charge is 0.343 e. The fourth-order valence-corrected chi connectivity index (χ4v) is 1.75. The average Bonchev–Trinajstić information content (AvgIpc) is 2.42. The van der Waals surface area contributed by atoms with E-state index in [2.05, 4.69) is 16.3 Å². The molecule has 0 aromatic heterocycles. The van der Waals surface area contributed by atoms with Crippen molar-refractivity contribution in [3.63, 3.8) is 0 Å². The molecular weight excluding hydrogens is 250 g/mol. The van der Waals surface area contributed by atoms with Gasteiger partial charge in [0.25, 0.3) is 0 Å². The van der Waals surface area contributed by atoms with Crippen molar-refractivity contribution in [1.29, 1.82) is 0 Å². The molecule has 1 rings (SSSR count). The number of carbonyl (C=O) groups excluding carboxylic acids is 1. The zero-order chi connectivity index (χ0) is 13.2. The van der Waals surface area contributed by atoms with E-state index < -0.39 is 0 Å².